The molecule has 84 valence electrons. The van der Waals surface area contributed by atoms with Crippen molar-refractivity contribution in [2.24, 2.45) is 5.73 Å². The van der Waals surface area contributed by atoms with Gasteiger partial charge in [-0.05, 0) is 22.0 Å². The van der Waals surface area contributed by atoms with Crippen LogP contribution < -0.4 is 10.6 Å². The van der Waals surface area contributed by atoms with Crippen LogP contribution in [0.4, 0.5) is 5.69 Å². The molecule has 1 unspecified atom stereocenters. The summed E-state index contributed by atoms with van der Waals surface area (Å²) in [6.07, 6.45) is 3.53. The third-order valence-electron chi connectivity index (χ3n) is 2.05. The maximum absolute atomic E-state index is 5.87. The quantitative estimate of drug-likeness (QED) is 0.878. The minimum Gasteiger partial charge on any atom is -0.383 e. The van der Waals surface area contributed by atoms with Crippen molar-refractivity contribution in [3.05, 3.63) is 22.9 Å². The lowest BCUT2D eigenvalue weighted by Crippen LogP contribution is -2.38. The molecule has 5 heteroatoms. The van der Waals surface area contributed by atoms with Crippen LogP contribution in [0.1, 0.15) is 0 Å². The standard InChI is InChI=1S/C10H16BrN3O/c1-14(6-8(12)7-15-2)10-3-4-13-5-9(10)11/h3-5,8H,6-7,12H2,1-2H3. The molecular weight excluding hydrogens is 258 g/mol. The highest BCUT2D eigenvalue weighted by atomic mass is 79.9. The predicted molar refractivity (Wildman–Crippen MR) is 65.1 cm³/mol. The van der Waals surface area contributed by atoms with Crippen LogP contribution in [0.15, 0.2) is 22.9 Å². The second kappa shape index (κ2) is 6.05. The summed E-state index contributed by atoms with van der Waals surface area (Å²) in [5, 5.41) is 0. The van der Waals surface area contributed by atoms with E-state index in [9.17, 15) is 0 Å². The van der Waals surface area contributed by atoms with Crippen LogP contribution in [0.5, 0.6) is 0 Å². The van der Waals surface area contributed by atoms with Gasteiger partial charge in [-0.15, -0.1) is 0 Å². The van der Waals surface area contributed by atoms with Gasteiger partial charge in [0.05, 0.1) is 16.8 Å². The summed E-state index contributed by atoms with van der Waals surface area (Å²) in [6, 6.07) is 1.96. The molecule has 0 radical (unpaired) electrons. The molecule has 1 atom stereocenters. The number of pyridine rings is 1. The number of nitrogens with zero attached hydrogens (tertiary/aromatic N) is 2. The van der Waals surface area contributed by atoms with Crippen LogP contribution in [0.2, 0.25) is 0 Å². The van der Waals surface area contributed by atoms with Crippen molar-refractivity contribution in [2.45, 2.75) is 6.04 Å². The second-order valence-corrected chi connectivity index (χ2v) is 4.28. The fourth-order valence-electron chi connectivity index (χ4n) is 1.39. The van der Waals surface area contributed by atoms with Gasteiger partial charge in [-0.25, -0.2) is 0 Å². The lowest BCUT2D eigenvalue weighted by Gasteiger charge is -2.23. The number of likely N-dealkylation sites (N-methyl/N-ethyl adjacent to an activating group) is 1. The molecule has 2 N–H and O–H groups in total. The topological polar surface area (TPSA) is 51.4 Å². The molecule has 0 amide bonds. The Bertz CT molecular complexity index is 308. The highest BCUT2D eigenvalue weighted by Crippen LogP contribution is 2.23. The van der Waals surface area contributed by atoms with Crippen LogP contribution in [0.25, 0.3) is 0 Å². The van der Waals surface area contributed by atoms with E-state index in [0.29, 0.717) is 6.61 Å². The Kier molecular flexibility index (Phi) is 5.01. The van der Waals surface area contributed by atoms with E-state index in [1.165, 1.54) is 0 Å². The average molecular weight is 274 g/mol. The first-order valence-corrected chi connectivity index (χ1v) is 5.49. The Morgan fingerprint density at radius 3 is 3.00 bits per heavy atom. The Hall–Kier alpha value is -0.650. The molecule has 4 nitrogen and oxygen atoms in total. The molecule has 0 spiro atoms. The molecule has 0 aliphatic rings. The second-order valence-electron chi connectivity index (χ2n) is 3.42. The summed E-state index contributed by atoms with van der Waals surface area (Å²) in [5.41, 5.74) is 6.96. The zero-order valence-electron chi connectivity index (χ0n) is 8.98. The molecule has 0 bridgehead atoms. The van der Waals surface area contributed by atoms with Gasteiger partial charge in [-0.2, -0.15) is 0 Å². The van der Waals surface area contributed by atoms with E-state index in [4.69, 9.17) is 10.5 Å². The van der Waals surface area contributed by atoms with Gasteiger partial charge in [0.1, 0.15) is 0 Å². The first-order chi connectivity index (χ1) is 7.15. The summed E-state index contributed by atoms with van der Waals surface area (Å²) < 4.78 is 5.96. The van der Waals surface area contributed by atoms with Crippen LogP contribution >= 0.6 is 15.9 Å². The number of methoxy groups -OCH3 is 1. The smallest absolute Gasteiger partial charge is 0.0631 e. The van der Waals surface area contributed by atoms with Crippen LogP contribution in [-0.2, 0) is 4.74 Å². The zero-order chi connectivity index (χ0) is 11.3. The van der Waals surface area contributed by atoms with Crippen LogP contribution in [0, 0.1) is 0 Å². The van der Waals surface area contributed by atoms with Gasteiger partial charge < -0.3 is 15.4 Å². The monoisotopic (exact) mass is 273 g/mol. The fourth-order valence-corrected chi connectivity index (χ4v) is 1.95. The van der Waals surface area contributed by atoms with E-state index < -0.39 is 0 Å². The largest absolute Gasteiger partial charge is 0.383 e. The van der Waals surface area contributed by atoms with E-state index in [1.807, 2.05) is 13.1 Å². The Morgan fingerprint density at radius 1 is 1.67 bits per heavy atom. The van der Waals surface area contributed by atoms with E-state index in [0.717, 1.165) is 16.7 Å². The molecule has 15 heavy (non-hydrogen) atoms. The first kappa shape index (κ1) is 12.4. The van der Waals surface area contributed by atoms with E-state index in [-0.39, 0.29) is 6.04 Å². The van der Waals surface area contributed by atoms with E-state index >= 15 is 0 Å². The number of halogens is 1. The maximum atomic E-state index is 5.87. The maximum Gasteiger partial charge on any atom is 0.0631 e. The van der Waals surface area contributed by atoms with E-state index in [2.05, 4.69) is 25.8 Å². The SMILES string of the molecule is COCC(N)CN(C)c1ccncc1Br. The lowest BCUT2D eigenvalue weighted by atomic mass is 10.3. The number of nitrogens with two attached hydrogens (primary N) is 1. The third-order valence-corrected chi connectivity index (χ3v) is 2.66. The molecule has 0 aliphatic carbocycles. The normalized spacial score (nSPS) is 12.5. The number of hydrogen-bond acceptors (Lipinski definition) is 4. The Balaban J connectivity index is 2.61. The number of anilines is 1. The van der Waals surface area contributed by atoms with Crippen molar-refractivity contribution < 1.29 is 4.74 Å². The van der Waals surface area contributed by atoms with Crippen molar-refractivity contribution >= 4 is 21.6 Å². The van der Waals surface area contributed by atoms with Gasteiger partial charge in [-0.1, -0.05) is 0 Å². The number of hydrogen-bond donors (Lipinski definition) is 1. The summed E-state index contributed by atoms with van der Waals surface area (Å²) in [5.74, 6) is 0. The van der Waals surface area contributed by atoms with Crippen LogP contribution in [0.3, 0.4) is 0 Å². The van der Waals surface area contributed by atoms with Gasteiger partial charge in [0.25, 0.3) is 0 Å². The fraction of sp³-hybridized carbons (Fsp3) is 0.500. The van der Waals surface area contributed by atoms with Gasteiger partial charge in [0.2, 0.25) is 0 Å². The first-order valence-electron chi connectivity index (χ1n) is 4.70. The highest BCUT2D eigenvalue weighted by molar-refractivity contribution is 9.10. The van der Waals surface area contributed by atoms with Gasteiger partial charge in [0, 0.05) is 39.1 Å². The van der Waals surface area contributed by atoms with Crippen molar-refractivity contribution in [1.29, 1.82) is 0 Å². The molecule has 0 saturated carbocycles. The summed E-state index contributed by atoms with van der Waals surface area (Å²) in [7, 11) is 3.65. The summed E-state index contributed by atoms with van der Waals surface area (Å²) >= 11 is 3.45. The number of ether oxygens (including phenoxy) is 1. The van der Waals surface area contributed by atoms with Crippen molar-refractivity contribution in [3.63, 3.8) is 0 Å². The minimum atomic E-state index is 0.0139. The van der Waals surface area contributed by atoms with Crippen LogP contribution in [-0.4, -0.2) is 38.3 Å². The molecule has 0 saturated heterocycles. The van der Waals surface area contributed by atoms with Gasteiger partial charge in [0.15, 0.2) is 0 Å². The molecular formula is C10H16BrN3O. The summed E-state index contributed by atoms with van der Waals surface area (Å²) in [4.78, 5) is 6.09. The average Bonchev–Trinajstić information content (AvgIpc) is 2.18. The molecule has 0 aromatic carbocycles. The van der Waals surface area contributed by atoms with Crippen molar-refractivity contribution in [3.8, 4) is 0 Å². The molecule has 1 heterocycles. The predicted octanol–water partition coefficient (Wildman–Crippen LogP) is 1.25. The van der Waals surface area contributed by atoms with Crippen molar-refractivity contribution in [2.75, 3.05) is 32.2 Å². The minimum absolute atomic E-state index is 0.0139. The number of rotatable bonds is 5. The Labute approximate surface area is 98.6 Å². The zero-order valence-corrected chi connectivity index (χ0v) is 10.6. The van der Waals surface area contributed by atoms with E-state index in [1.54, 1.807) is 19.5 Å². The number of aromatic nitrogens is 1. The summed E-state index contributed by atoms with van der Waals surface area (Å²) in [6.45, 7) is 1.31. The third kappa shape index (κ3) is 3.77. The highest BCUT2D eigenvalue weighted by Gasteiger charge is 2.09. The van der Waals surface area contributed by atoms with Gasteiger partial charge >= 0.3 is 0 Å². The van der Waals surface area contributed by atoms with Crippen molar-refractivity contribution in [1.82, 2.24) is 4.98 Å². The molecule has 0 aliphatic heterocycles. The lowest BCUT2D eigenvalue weighted by molar-refractivity contribution is 0.181. The Morgan fingerprint density at radius 2 is 2.40 bits per heavy atom. The molecule has 1 aromatic rings. The molecule has 1 aromatic heterocycles. The molecule has 0 fully saturated rings. The molecule has 1 rings (SSSR count). The van der Waals surface area contributed by atoms with Gasteiger partial charge in [-0.3, -0.25) is 4.98 Å².